The third-order valence-corrected chi connectivity index (χ3v) is 4.31. The first-order valence-corrected chi connectivity index (χ1v) is 7.77. The van der Waals surface area contributed by atoms with Crippen LogP contribution < -0.4 is 10.2 Å². The highest BCUT2D eigenvalue weighted by Gasteiger charge is 2.14. The molecule has 2 N–H and O–H groups in total. The Bertz CT molecular complexity index is 391. The monoisotopic (exact) mass is 266 g/mol. The predicted molar refractivity (Wildman–Crippen MR) is 79.7 cm³/mol. The van der Waals surface area contributed by atoms with E-state index in [0.717, 1.165) is 30.9 Å². The molecule has 1 aromatic carbocycles. The molecule has 1 unspecified atom stereocenters. The van der Waals surface area contributed by atoms with Crippen LogP contribution in [0.2, 0.25) is 0 Å². The maximum Gasteiger partial charge on any atom is 0.122 e. The Balaban J connectivity index is 2.13. The number of rotatable bonds is 4. The number of hydrogen-bond donors (Lipinski definition) is 2. The van der Waals surface area contributed by atoms with E-state index < -0.39 is 0 Å². The van der Waals surface area contributed by atoms with Gasteiger partial charge in [0.15, 0.2) is 0 Å². The minimum atomic E-state index is 0.195. The number of phenolic OH excluding ortho intramolecular Hbond substituents is 1. The summed E-state index contributed by atoms with van der Waals surface area (Å²) in [4.78, 5) is 2.35. The summed E-state index contributed by atoms with van der Waals surface area (Å²) in [6, 6.07) is 6.26. The average molecular weight is 266 g/mol. The molecule has 0 bridgehead atoms. The van der Waals surface area contributed by atoms with Crippen molar-refractivity contribution in [2.24, 2.45) is 0 Å². The lowest BCUT2D eigenvalue weighted by molar-refractivity contribution is 0.454. The van der Waals surface area contributed by atoms with Gasteiger partial charge in [-0.3, -0.25) is 0 Å². The van der Waals surface area contributed by atoms with Crippen LogP contribution in [0.5, 0.6) is 5.75 Å². The van der Waals surface area contributed by atoms with Gasteiger partial charge < -0.3 is 15.3 Å². The van der Waals surface area contributed by atoms with Gasteiger partial charge in [0.1, 0.15) is 5.75 Å². The molecule has 0 radical (unpaired) electrons. The Labute approximate surface area is 114 Å². The largest absolute Gasteiger partial charge is 0.508 e. The summed E-state index contributed by atoms with van der Waals surface area (Å²) in [5.74, 6) is 2.76. The van der Waals surface area contributed by atoms with Gasteiger partial charge in [0.05, 0.1) is 0 Å². The van der Waals surface area contributed by atoms with Crippen LogP contribution in [-0.2, 0) is 0 Å². The highest BCUT2D eigenvalue weighted by Crippen LogP contribution is 2.30. The first kappa shape index (κ1) is 13.6. The van der Waals surface area contributed by atoms with E-state index in [9.17, 15) is 5.11 Å². The van der Waals surface area contributed by atoms with E-state index in [1.54, 1.807) is 0 Å². The third kappa shape index (κ3) is 3.12. The van der Waals surface area contributed by atoms with Crippen molar-refractivity contribution in [1.29, 1.82) is 0 Å². The Kier molecular flexibility index (Phi) is 4.78. The molecule has 4 heteroatoms. The van der Waals surface area contributed by atoms with Crippen molar-refractivity contribution in [3.05, 3.63) is 23.8 Å². The quantitative estimate of drug-likeness (QED) is 0.878. The van der Waals surface area contributed by atoms with Crippen molar-refractivity contribution in [2.75, 3.05) is 36.0 Å². The molecule has 100 valence electrons. The van der Waals surface area contributed by atoms with Crippen LogP contribution in [-0.4, -0.2) is 36.2 Å². The van der Waals surface area contributed by atoms with Crippen molar-refractivity contribution in [3.8, 4) is 5.75 Å². The lowest BCUT2D eigenvalue weighted by atomic mass is 10.1. The highest BCUT2D eigenvalue weighted by atomic mass is 32.2. The molecule has 1 fully saturated rings. The molecule has 0 saturated carbocycles. The number of anilines is 1. The first-order valence-electron chi connectivity index (χ1n) is 6.61. The van der Waals surface area contributed by atoms with E-state index in [-0.39, 0.29) is 6.04 Å². The molecule has 18 heavy (non-hydrogen) atoms. The smallest absolute Gasteiger partial charge is 0.122 e. The summed E-state index contributed by atoms with van der Waals surface area (Å²) < 4.78 is 0. The SMILES string of the molecule is CCNC(C)c1ccc(N2CCSCC2)cc1O. The van der Waals surface area contributed by atoms with Crippen molar-refractivity contribution < 1.29 is 5.11 Å². The summed E-state index contributed by atoms with van der Waals surface area (Å²) in [5, 5.41) is 13.5. The summed E-state index contributed by atoms with van der Waals surface area (Å²) in [6.07, 6.45) is 0. The Morgan fingerprint density at radius 1 is 1.39 bits per heavy atom. The second-order valence-electron chi connectivity index (χ2n) is 4.62. The molecular formula is C14H22N2OS. The number of thioether (sulfide) groups is 1. The van der Waals surface area contributed by atoms with Gasteiger partial charge in [-0.25, -0.2) is 0 Å². The van der Waals surface area contributed by atoms with Crippen LogP contribution in [0, 0.1) is 0 Å². The number of hydrogen-bond acceptors (Lipinski definition) is 4. The van der Waals surface area contributed by atoms with Crippen molar-refractivity contribution >= 4 is 17.4 Å². The average Bonchev–Trinajstić information content (AvgIpc) is 2.40. The van der Waals surface area contributed by atoms with Gasteiger partial charge in [-0.1, -0.05) is 13.0 Å². The number of nitrogens with zero attached hydrogens (tertiary/aromatic N) is 1. The van der Waals surface area contributed by atoms with Crippen LogP contribution >= 0.6 is 11.8 Å². The van der Waals surface area contributed by atoms with Gasteiger partial charge in [-0.05, 0) is 19.5 Å². The fourth-order valence-electron chi connectivity index (χ4n) is 2.33. The van der Waals surface area contributed by atoms with Gasteiger partial charge in [0, 0.05) is 48.0 Å². The zero-order valence-electron chi connectivity index (χ0n) is 11.1. The first-order chi connectivity index (χ1) is 8.72. The number of nitrogens with one attached hydrogen (secondary N) is 1. The van der Waals surface area contributed by atoms with Gasteiger partial charge in [0.2, 0.25) is 0 Å². The van der Waals surface area contributed by atoms with Gasteiger partial charge in [0.25, 0.3) is 0 Å². The summed E-state index contributed by atoms with van der Waals surface area (Å²) in [5.41, 5.74) is 2.12. The Morgan fingerprint density at radius 2 is 2.11 bits per heavy atom. The Hall–Kier alpha value is -0.870. The maximum atomic E-state index is 10.1. The van der Waals surface area contributed by atoms with E-state index in [2.05, 4.69) is 30.1 Å². The summed E-state index contributed by atoms with van der Waals surface area (Å²) >= 11 is 2.00. The molecule has 0 amide bonds. The van der Waals surface area contributed by atoms with Crippen molar-refractivity contribution in [2.45, 2.75) is 19.9 Å². The fraction of sp³-hybridized carbons (Fsp3) is 0.571. The molecule has 1 aromatic rings. The zero-order chi connectivity index (χ0) is 13.0. The van der Waals surface area contributed by atoms with Crippen molar-refractivity contribution in [3.63, 3.8) is 0 Å². The molecule has 1 aliphatic rings. The van der Waals surface area contributed by atoms with Crippen LogP contribution in [0.4, 0.5) is 5.69 Å². The molecule has 0 spiro atoms. The van der Waals surface area contributed by atoms with Crippen molar-refractivity contribution in [1.82, 2.24) is 5.32 Å². The summed E-state index contributed by atoms with van der Waals surface area (Å²) in [6.45, 7) is 7.22. The minimum absolute atomic E-state index is 0.195. The molecule has 1 aliphatic heterocycles. The lowest BCUT2D eigenvalue weighted by Crippen LogP contribution is -2.32. The molecule has 2 rings (SSSR count). The van der Waals surface area contributed by atoms with Crippen LogP contribution in [0.15, 0.2) is 18.2 Å². The van der Waals surface area contributed by atoms with E-state index in [1.807, 2.05) is 23.9 Å². The molecule has 1 atom stereocenters. The number of benzene rings is 1. The second-order valence-corrected chi connectivity index (χ2v) is 5.85. The van der Waals surface area contributed by atoms with Crippen LogP contribution in [0.1, 0.15) is 25.5 Å². The topological polar surface area (TPSA) is 35.5 Å². The third-order valence-electron chi connectivity index (χ3n) is 3.37. The van der Waals surface area contributed by atoms with Gasteiger partial charge in [-0.2, -0.15) is 11.8 Å². The summed E-state index contributed by atoms with van der Waals surface area (Å²) in [7, 11) is 0. The number of phenols is 1. The van der Waals surface area contributed by atoms with E-state index >= 15 is 0 Å². The zero-order valence-corrected chi connectivity index (χ0v) is 12.0. The molecule has 1 heterocycles. The highest BCUT2D eigenvalue weighted by molar-refractivity contribution is 7.99. The van der Waals surface area contributed by atoms with Gasteiger partial charge in [-0.15, -0.1) is 0 Å². The van der Waals surface area contributed by atoms with E-state index in [4.69, 9.17) is 0 Å². The standard InChI is InChI=1S/C14H22N2OS/c1-3-15-11(2)13-5-4-12(10-14(13)17)16-6-8-18-9-7-16/h4-5,10-11,15,17H,3,6-9H2,1-2H3. The fourth-order valence-corrected chi connectivity index (χ4v) is 3.24. The molecule has 1 saturated heterocycles. The minimum Gasteiger partial charge on any atom is -0.508 e. The molecule has 0 aliphatic carbocycles. The number of aromatic hydroxyl groups is 1. The molecular weight excluding hydrogens is 244 g/mol. The normalized spacial score (nSPS) is 17.8. The lowest BCUT2D eigenvalue weighted by Gasteiger charge is -2.29. The van der Waals surface area contributed by atoms with Gasteiger partial charge >= 0.3 is 0 Å². The molecule has 0 aromatic heterocycles. The molecule has 3 nitrogen and oxygen atoms in total. The van der Waals surface area contributed by atoms with Crippen LogP contribution in [0.3, 0.4) is 0 Å². The van der Waals surface area contributed by atoms with E-state index in [1.165, 1.54) is 11.5 Å². The predicted octanol–water partition coefficient (Wildman–Crippen LogP) is 2.62. The maximum absolute atomic E-state index is 10.1. The second kappa shape index (κ2) is 6.34. The van der Waals surface area contributed by atoms with E-state index in [0.29, 0.717) is 5.75 Å². The Morgan fingerprint density at radius 3 is 2.72 bits per heavy atom. The van der Waals surface area contributed by atoms with Crippen LogP contribution in [0.25, 0.3) is 0 Å².